The summed E-state index contributed by atoms with van der Waals surface area (Å²) >= 11 is 5.85. The Kier molecular flexibility index (Phi) is 8.90. The number of hydrogen-bond acceptors (Lipinski definition) is 3. The van der Waals surface area contributed by atoms with Crippen molar-refractivity contribution in [3.63, 3.8) is 0 Å². The molecule has 128 valence electrons. The number of ether oxygens (including phenoxy) is 1. The first kappa shape index (κ1) is 19.1. The van der Waals surface area contributed by atoms with E-state index in [0.717, 1.165) is 12.3 Å². The average Bonchev–Trinajstić information content (AvgIpc) is 2.51. The van der Waals surface area contributed by atoms with E-state index in [1.807, 2.05) is 26.0 Å². The van der Waals surface area contributed by atoms with Crippen LogP contribution < -0.4 is 20.7 Å². The van der Waals surface area contributed by atoms with Gasteiger partial charge in [0.15, 0.2) is 5.96 Å². The molecule has 23 heavy (non-hydrogen) atoms. The van der Waals surface area contributed by atoms with Gasteiger partial charge in [-0.1, -0.05) is 11.6 Å². The summed E-state index contributed by atoms with van der Waals surface area (Å²) in [5, 5.41) is 9.71. The maximum absolute atomic E-state index is 10.8. The summed E-state index contributed by atoms with van der Waals surface area (Å²) in [4.78, 5) is 15.3. The van der Waals surface area contributed by atoms with Gasteiger partial charge in [0.05, 0.1) is 6.54 Å². The van der Waals surface area contributed by atoms with E-state index in [1.54, 1.807) is 12.1 Å². The smallest absolute Gasteiger partial charge is 0.216 e. The molecule has 0 spiro atoms. The number of carbonyl (C=O) groups excluding carboxylic acids is 1. The van der Waals surface area contributed by atoms with Crippen LogP contribution in [0.2, 0.25) is 5.02 Å². The Morgan fingerprint density at radius 2 is 1.87 bits per heavy atom. The van der Waals surface area contributed by atoms with Crippen LogP contribution in [0.3, 0.4) is 0 Å². The van der Waals surface area contributed by atoms with E-state index in [1.165, 1.54) is 6.92 Å². The molecule has 0 aliphatic heterocycles. The summed E-state index contributed by atoms with van der Waals surface area (Å²) in [5.41, 5.74) is 0. The van der Waals surface area contributed by atoms with Gasteiger partial charge in [-0.2, -0.15) is 0 Å². The van der Waals surface area contributed by atoms with E-state index in [0.29, 0.717) is 30.6 Å². The number of halogens is 1. The summed E-state index contributed by atoms with van der Waals surface area (Å²) in [6.45, 7) is 7.89. The van der Waals surface area contributed by atoms with Crippen molar-refractivity contribution in [2.75, 3.05) is 26.2 Å². The van der Waals surface area contributed by atoms with Gasteiger partial charge in [-0.25, -0.2) is 4.99 Å². The van der Waals surface area contributed by atoms with Crippen LogP contribution in [0.5, 0.6) is 5.75 Å². The second-order valence-electron chi connectivity index (χ2n) is 5.01. The molecular weight excluding hydrogens is 316 g/mol. The first-order valence-corrected chi connectivity index (χ1v) is 8.08. The molecule has 1 atom stereocenters. The Labute approximate surface area is 142 Å². The van der Waals surface area contributed by atoms with E-state index in [9.17, 15) is 4.79 Å². The van der Waals surface area contributed by atoms with Crippen molar-refractivity contribution in [1.82, 2.24) is 16.0 Å². The van der Waals surface area contributed by atoms with E-state index in [2.05, 4.69) is 20.9 Å². The molecule has 0 heterocycles. The van der Waals surface area contributed by atoms with Crippen molar-refractivity contribution in [2.24, 2.45) is 4.99 Å². The molecule has 1 unspecified atom stereocenters. The Hall–Kier alpha value is -1.95. The van der Waals surface area contributed by atoms with Gasteiger partial charge in [-0.15, -0.1) is 0 Å². The van der Waals surface area contributed by atoms with Crippen LogP contribution in [0.4, 0.5) is 0 Å². The first-order valence-electron chi connectivity index (χ1n) is 7.70. The topological polar surface area (TPSA) is 74.8 Å². The molecule has 0 saturated carbocycles. The minimum Gasteiger partial charge on any atom is -0.489 e. The van der Waals surface area contributed by atoms with Crippen molar-refractivity contribution >= 4 is 23.5 Å². The molecule has 0 aliphatic rings. The van der Waals surface area contributed by atoms with E-state index >= 15 is 0 Å². The molecular formula is C16H25ClN4O2. The third kappa shape index (κ3) is 8.93. The zero-order chi connectivity index (χ0) is 17.1. The van der Waals surface area contributed by atoms with Crippen molar-refractivity contribution in [3.8, 4) is 5.75 Å². The highest BCUT2D eigenvalue weighted by molar-refractivity contribution is 6.30. The lowest BCUT2D eigenvalue weighted by Gasteiger charge is -2.15. The number of nitrogens with one attached hydrogen (secondary N) is 3. The van der Waals surface area contributed by atoms with Crippen molar-refractivity contribution in [2.45, 2.75) is 26.9 Å². The quantitative estimate of drug-likeness (QED) is 0.383. The fourth-order valence-electron chi connectivity index (χ4n) is 1.76. The van der Waals surface area contributed by atoms with Crippen LogP contribution in [0.15, 0.2) is 29.3 Å². The predicted molar refractivity (Wildman–Crippen MR) is 94.2 cm³/mol. The Morgan fingerprint density at radius 3 is 2.48 bits per heavy atom. The standard InChI is InChI=1S/C16H25ClN4O2/c1-4-18-16(20-10-9-19-13(3)22)21-11-12(2)23-15-7-5-14(17)6-8-15/h5-8,12H,4,9-11H2,1-3H3,(H,19,22)(H2,18,20,21). The third-order valence-corrected chi connectivity index (χ3v) is 3.05. The lowest BCUT2D eigenvalue weighted by Crippen LogP contribution is -2.41. The largest absolute Gasteiger partial charge is 0.489 e. The number of hydrogen-bond donors (Lipinski definition) is 3. The minimum absolute atomic E-state index is 0.0428. The monoisotopic (exact) mass is 340 g/mol. The van der Waals surface area contributed by atoms with E-state index < -0.39 is 0 Å². The molecule has 3 N–H and O–H groups in total. The van der Waals surface area contributed by atoms with Gasteiger partial charge in [0, 0.05) is 31.6 Å². The molecule has 1 rings (SSSR count). The lowest BCUT2D eigenvalue weighted by molar-refractivity contribution is -0.118. The highest BCUT2D eigenvalue weighted by Crippen LogP contribution is 2.16. The van der Waals surface area contributed by atoms with Crippen molar-refractivity contribution < 1.29 is 9.53 Å². The normalized spacial score (nSPS) is 12.4. The fourth-order valence-corrected chi connectivity index (χ4v) is 1.89. The van der Waals surface area contributed by atoms with Crippen molar-refractivity contribution in [3.05, 3.63) is 29.3 Å². The van der Waals surface area contributed by atoms with Gasteiger partial charge in [0.25, 0.3) is 0 Å². The van der Waals surface area contributed by atoms with Gasteiger partial charge < -0.3 is 20.7 Å². The zero-order valence-electron chi connectivity index (χ0n) is 13.9. The van der Waals surface area contributed by atoms with Crippen LogP contribution in [-0.2, 0) is 4.79 Å². The molecule has 0 radical (unpaired) electrons. The third-order valence-electron chi connectivity index (χ3n) is 2.79. The van der Waals surface area contributed by atoms with E-state index in [4.69, 9.17) is 16.3 Å². The molecule has 0 aromatic heterocycles. The highest BCUT2D eigenvalue weighted by Gasteiger charge is 2.04. The molecule has 1 aromatic rings. The Bertz CT molecular complexity index is 505. The summed E-state index contributed by atoms with van der Waals surface area (Å²) in [6.07, 6.45) is -0.0676. The highest BCUT2D eigenvalue weighted by atomic mass is 35.5. The van der Waals surface area contributed by atoms with Crippen molar-refractivity contribution in [1.29, 1.82) is 0 Å². The SMILES string of the molecule is CCNC(=NCC(C)Oc1ccc(Cl)cc1)NCCNC(C)=O. The number of amides is 1. The molecule has 1 amide bonds. The van der Waals surface area contributed by atoms with Crippen LogP contribution >= 0.6 is 11.6 Å². The van der Waals surface area contributed by atoms with Crippen LogP contribution in [0.25, 0.3) is 0 Å². The van der Waals surface area contributed by atoms with Gasteiger partial charge in [0.1, 0.15) is 11.9 Å². The number of aliphatic imine (C=N–C) groups is 1. The summed E-state index contributed by atoms with van der Waals surface area (Å²) in [5.74, 6) is 1.42. The summed E-state index contributed by atoms with van der Waals surface area (Å²) in [7, 11) is 0. The average molecular weight is 341 g/mol. The summed E-state index contributed by atoms with van der Waals surface area (Å²) in [6, 6.07) is 7.25. The van der Waals surface area contributed by atoms with Crippen LogP contribution in [0.1, 0.15) is 20.8 Å². The minimum atomic E-state index is -0.0676. The molecule has 0 aliphatic carbocycles. The maximum Gasteiger partial charge on any atom is 0.216 e. The van der Waals surface area contributed by atoms with Crippen LogP contribution in [0, 0.1) is 0 Å². The first-order chi connectivity index (χ1) is 11.0. The van der Waals surface area contributed by atoms with Gasteiger partial charge in [-0.05, 0) is 38.1 Å². The second kappa shape index (κ2) is 10.7. The number of carbonyl (C=O) groups is 1. The Morgan fingerprint density at radius 1 is 1.22 bits per heavy atom. The van der Waals surface area contributed by atoms with Gasteiger partial charge in [-0.3, -0.25) is 4.79 Å². The van der Waals surface area contributed by atoms with Gasteiger partial charge in [0.2, 0.25) is 5.91 Å². The lowest BCUT2D eigenvalue weighted by atomic mass is 10.3. The van der Waals surface area contributed by atoms with Gasteiger partial charge >= 0.3 is 0 Å². The predicted octanol–water partition coefficient (Wildman–Crippen LogP) is 1.80. The number of guanidine groups is 1. The zero-order valence-corrected chi connectivity index (χ0v) is 14.6. The Balaban J connectivity index is 2.41. The van der Waals surface area contributed by atoms with E-state index in [-0.39, 0.29) is 12.0 Å². The molecule has 0 fully saturated rings. The number of rotatable bonds is 8. The number of benzene rings is 1. The second-order valence-corrected chi connectivity index (χ2v) is 5.45. The van der Waals surface area contributed by atoms with Crippen LogP contribution in [-0.4, -0.2) is 44.1 Å². The molecule has 7 heteroatoms. The molecule has 6 nitrogen and oxygen atoms in total. The maximum atomic E-state index is 10.8. The molecule has 0 bridgehead atoms. The summed E-state index contributed by atoms with van der Waals surface area (Å²) < 4.78 is 5.78. The molecule has 1 aromatic carbocycles. The fraction of sp³-hybridized carbons (Fsp3) is 0.500. The molecule has 0 saturated heterocycles. The number of nitrogens with zero attached hydrogens (tertiary/aromatic N) is 1.